The van der Waals surface area contributed by atoms with Crippen LogP contribution in [0, 0.1) is 6.92 Å². The molecule has 3 aromatic heterocycles. The molecule has 0 aliphatic carbocycles. The Kier molecular flexibility index (Phi) is 6.32. The normalized spacial score (nSPS) is 11.5. The van der Waals surface area contributed by atoms with Gasteiger partial charge in [-0.1, -0.05) is 115 Å². The van der Waals surface area contributed by atoms with Gasteiger partial charge in [-0.2, -0.15) is 0 Å². The molecule has 0 saturated carbocycles. The van der Waals surface area contributed by atoms with Crippen molar-refractivity contribution in [3.63, 3.8) is 0 Å². The fourth-order valence-electron chi connectivity index (χ4n) is 6.83. The maximum atomic E-state index is 5.29. The Bertz CT molecular complexity index is 2520. The number of nitrogens with zero attached hydrogens (tertiary/aromatic N) is 4. The lowest BCUT2D eigenvalue weighted by atomic mass is 10.0. The van der Waals surface area contributed by atoms with E-state index in [9.17, 15) is 0 Å². The van der Waals surface area contributed by atoms with Gasteiger partial charge < -0.3 is 4.90 Å². The first-order valence-corrected chi connectivity index (χ1v) is 15.9. The summed E-state index contributed by atoms with van der Waals surface area (Å²) in [6.07, 6.45) is 0. The number of rotatable bonds is 5. The molecule has 9 aromatic rings. The van der Waals surface area contributed by atoms with Crippen LogP contribution in [0.5, 0.6) is 0 Å². The number of benzene rings is 6. The Morgan fingerprint density at radius 1 is 0.447 bits per heavy atom. The first-order valence-electron chi connectivity index (χ1n) is 15.9. The van der Waals surface area contributed by atoms with Gasteiger partial charge in [-0.15, -0.1) is 0 Å². The highest BCUT2D eigenvalue weighted by Crippen LogP contribution is 2.41. The van der Waals surface area contributed by atoms with Crippen molar-refractivity contribution in [2.75, 3.05) is 4.90 Å². The van der Waals surface area contributed by atoms with Gasteiger partial charge in [0.25, 0.3) is 0 Å². The molecule has 0 unspecified atom stereocenters. The third kappa shape index (κ3) is 4.53. The van der Waals surface area contributed by atoms with Crippen LogP contribution < -0.4 is 4.90 Å². The first-order chi connectivity index (χ1) is 23.2. The van der Waals surface area contributed by atoms with E-state index >= 15 is 0 Å². The Morgan fingerprint density at radius 2 is 1.04 bits per heavy atom. The molecule has 0 bridgehead atoms. The third-order valence-corrected chi connectivity index (χ3v) is 8.99. The van der Waals surface area contributed by atoms with Crippen LogP contribution in [-0.2, 0) is 0 Å². The fraction of sp³-hybridized carbons (Fsp3) is 0.0233. The smallest absolute Gasteiger partial charge is 0.162 e. The molecule has 0 spiro atoms. The van der Waals surface area contributed by atoms with Crippen molar-refractivity contribution < 1.29 is 0 Å². The van der Waals surface area contributed by atoms with Gasteiger partial charge in [0.05, 0.1) is 16.7 Å². The molecule has 3 heterocycles. The number of hydrogen-bond acceptors (Lipinski definition) is 3. The van der Waals surface area contributed by atoms with Gasteiger partial charge in [-0.3, -0.25) is 4.40 Å². The number of fused-ring (bicyclic) bond motifs is 8. The molecule has 4 nitrogen and oxygen atoms in total. The summed E-state index contributed by atoms with van der Waals surface area (Å²) < 4.78 is 2.34. The number of aryl methyl sites for hydroxylation is 1. The molecule has 0 radical (unpaired) electrons. The molecular weight excluding hydrogens is 573 g/mol. The zero-order valence-electron chi connectivity index (χ0n) is 25.9. The van der Waals surface area contributed by atoms with Gasteiger partial charge in [0, 0.05) is 44.3 Å². The highest BCUT2D eigenvalue weighted by molar-refractivity contribution is 6.17. The molecule has 0 saturated heterocycles. The minimum atomic E-state index is 0.713. The highest BCUT2D eigenvalue weighted by atomic mass is 15.1. The van der Waals surface area contributed by atoms with E-state index < -0.39 is 0 Å². The summed E-state index contributed by atoms with van der Waals surface area (Å²) in [6.45, 7) is 2.16. The molecule has 0 fully saturated rings. The van der Waals surface area contributed by atoms with Gasteiger partial charge in [0.15, 0.2) is 5.82 Å². The van der Waals surface area contributed by atoms with E-state index in [1.54, 1.807) is 0 Å². The van der Waals surface area contributed by atoms with E-state index in [1.807, 2.05) is 24.3 Å². The van der Waals surface area contributed by atoms with E-state index in [4.69, 9.17) is 9.97 Å². The summed E-state index contributed by atoms with van der Waals surface area (Å²) >= 11 is 0. The average Bonchev–Trinajstić information content (AvgIpc) is 3.53. The minimum Gasteiger partial charge on any atom is -0.310 e. The molecule has 0 amide bonds. The van der Waals surface area contributed by atoms with E-state index in [0.29, 0.717) is 5.82 Å². The van der Waals surface area contributed by atoms with Crippen molar-refractivity contribution in [3.05, 3.63) is 169 Å². The van der Waals surface area contributed by atoms with Gasteiger partial charge in [0.2, 0.25) is 0 Å². The second-order valence-electron chi connectivity index (χ2n) is 12.0. The summed E-state index contributed by atoms with van der Waals surface area (Å²) in [5.41, 5.74) is 10.7. The van der Waals surface area contributed by atoms with E-state index in [-0.39, 0.29) is 0 Å². The lowest BCUT2D eigenvalue weighted by Gasteiger charge is -2.26. The second kappa shape index (κ2) is 11.0. The molecule has 222 valence electrons. The van der Waals surface area contributed by atoms with Crippen molar-refractivity contribution in [1.29, 1.82) is 0 Å². The zero-order chi connectivity index (χ0) is 31.3. The number of anilines is 3. The van der Waals surface area contributed by atoms with Crippen LogP contribution in [0.4, 0.5) is 17.1 Å². The standard InChI is InChI=1S/C43H30N4/c1-29-22-24-35-36(26-29)40-28-38-41(30-14-6-2-7-15-30)44-42(31-16-8-3-9-17-31)45-43(38)47(40)39-25-23-34(27-37(35)39)46(32-18-10-4-11-19-32)33-20-12-5-13-21-33/h2-28H,1H3. The predicted molar refractivity (Wildman–Crippen MR) is 196 cm³/mol. The van der Waals surface area contributed by atoms with Crippen LogP contribution in [0.25, 0.3) is 60.9 Å². The molecular formula is C43H30N4. The number of pyridine rings is 1. The number of aromatic nitrogens is 3. The molecule has 9 rings (SSSR count). The SMILES string of the molecule is Cc1ccc2c3cc(N(c4ccccc4)c4ccccc4)ccc3n3c(cc4c(-c5ccccc5)nc(-c5ccccc5)nc43)c2c1. The van der Waals surface area contributed by atoms with Crippen molar-refractivity contribution in [1.82, 2.24) is 14.4 Å². The lowest BCUT2D eigenvalue weighted by molar-refractivity contribution is 1.18. The largest absolute Gasteiger partial charge is 0.310 e. The summed E-state index contributed by atoms with van der Waals surface area (Å²) in [5.74, 6) is 0.713. The Morgan fingerprint density at radius 3 is 1.70 bits per heavy atom. The average molecular weight is 603 g/mol. The van der Waals surface area contributed by atoms with E-state index in [2.05, 4.69) is 156 Å². The Hall–Kier alpha value is -6.26. The maximum Gasteiger partial charge on any atom is 0.162 e. The van der Waals surface area contributed by atoms with Crippen LogP contribution in [0.15, 0.2) is 164 Å². The van der Waals surface area contributed by atoms with Crippen LogP contribution in [0.3, 0.4) is 0 Å². The predicted octanol–water partition coefficient (Wildman–Crippen LogP) is 11.3. The third-order valence-electron chi connectivity index (χ3n) is 8.99. The molecule has 6 aromatic carbocycles. The van der Waals surface area contributed by atoms with Gasteiger partial charge in [-0.05, 0) is 66.9 Å². The van der Waals surface area contributed by atoms with Crippen LogP contribution in [0.2, 0.25) is 0 Å². The molecule has 0 aliphatic rings. The lowest BCUT2D eigenvalue weighted by Crippen LogP contribution is -2.09. The summed E-state index contributed by atoms with van der Waals surface area (Å²) in [5, 5.41) is 4.60. The first kappa shape index (κ1) is 27.1. The molecule has 0 N–H and O–H groups in total. The summed E-state index contributed by atoms with van der Waals surface area (Å²) in [6, 6.07) is 57.7. The maximum absolute atomic E-state index is 5.29. The van der Waals surface area contributed by atoms with Crippen LogP contribution >= 0.6 is 0 Å². The van der Waals surface area contributed by atoms with Crippen LogP contribution in [0.1, 0.15) is 5.56 Å². The molecule has 0 atom stereocenters. The topological polar surface area (TPSA) is 33.4 Å². The zero-order valence-corrected chi connectivity index (χ0v) is 25.9. The molecule has 4 heteroatoms. The number of hydrogen-bond donors (Lipinski definition) is 0. The van der Waals surface area contributed by atoms with Crippen LogP contribution in [-0.4, -0.2) is 14.4 Å². The monoisotopic (exact) mass is 602 g/mol. The van der Waals surface area contributed by atoms with Gasteiger partial charge >= 0.3 is 0 Å². The summed E-state index contributed by atoms with van der Waals surface area (Å²) in [7, 11) is 0. The van der Waals surface area contributed by atoms with E-state index in [1.165, 1.54) is 21.7 Å². The minimum absolute atomic E-state index is 0.713. The van der Waals surface area contributed by atoms with Crippen molar-refractivity contribution in [2.45, 2.75) is 6.92 Å². The van der Waals surface area contributed by atoms with Gasteiger partial charge in [-0.25, -0.2) is 9.97 Å². The Balaban J connectivity index is 1.40. The van der Waals surface area contributed by atoms with Gasteiger partial charge in [0.1, 0.15) is 5.65 Å². The molecule has 0 aliphatic heterocycles. The fourth-order valence-corrected chi connectivity index (χ4v) is 6.83. The second-order valence-corrected chi connectivity index (χ2v) is 12.0. The Labute approximate surface area is 272 Å². The van der Waals surface area contributed by atoms with Crippen molar-refractivity contribution in [3.8, 4) is 22.6 Å². The van der Waals surface area contributed by atoms with Crippen molar-refractivity contribution in [2.24, 2.45) is 0 Å². The number of para-hydroxylation sites is 2. The highest BCUT2D eigenvalue weighted by Gasteiger charge is 2.20. The molecule has 47 heavy (non-hydrogen) atoms. The summed E-state index contributed by atoms with van der Waals surface area (Å²) in [4.78, 5) is 12.8. The van der Waals surface area contributed by atoms with Crippen molar-refractivity contribution >= 4 is 55.3 Å². The van der Waals surface area contributed by atoms with E-state index in [0.717, 1.165) is 55.9 Å². The quantitative estimate of drug-likeness (QED) is 0.184.